The summed E-state index contributed by atoms with van der Waals surface area (Å²) in [6.07, 6.45) is 9.98. The Morgan fingerprint density at radius 2 is 1.81 bits per heavy atom. The number of allylic oxidation sites excluding steroid dienone is 1. The first-order chi connectivity index (χ1) is 10.2. The minimum atomic E-state index is -0.825. The predicted molar refractivity (Wildman–Crippen MR) is 89.2 cm³/mol. The molecule has 0 radical (unpaired) electrons. The van der Waals surface area contributed by atoms with E-state index >= 15 is 0 Å². The highest BCUT2D eigenvalue weighted by atomic mass is 16.4. The third-order valence-corrected chi connectivity index (χ3v) is 3.61. The summed E-state index contributed by atoms with van der Waals surface area (Å²) in [6.45, 7) is 4.22. The van der Waals surface area contributed by atoms with E-state index < -0.39 is 5.97 Å². The van der Waals surface area contributed by atoms with Crippen molar-refractivity contribution in [2.75, 3.05) is 0 Å². The highest BCUT2D eigenvalue weighted by molar-refractivity contribution is 5.92. The molecule has 1 aromatic rings. The summed E-state index contributed by atoms with van der Waals surface area (Å²) >= 11 is 0. The van der Waals surface area contributed by atoms with Crippen molar-refractivity contribution in [3.8, 4) is 0 Å². The number of rotatable bonds is 9. The highest BCUT2D eigenvalue weighted by Gasteiger charge is 2.10. The third-order valence-electron chi connectivity index (χ3n) is 3.61. The molecule has 1 rings (SSSR count). The minimum absolute atomic E-state index is 0.456. The van der Waals surface area contributed by atoms with Gasteiger partial charge in [-0.3, -0.25) is 0 Å². The average Bonchev–Trinajstić information content (AvgIpc) is 2.50. The van der Waals surface area contributed by atoms with E-state index in [1.807, 2.05) is 43.3 Å². The first-order valence-corrected chi connectivity index (χ1v) is 7.87. The summed E-state index contributed by atoms with van der Waals surface area (Å²) in [7, 11) is 0. The summed E-state index contributed by atoms with van der Waals surface area (Å²) in [5.41, 5.74) is 2.53. The molecule has 0 aliphatic carbocycles. The maximum atomic E-state index is 11.5. The van der Waals surface area contributed by atoms with Gasteiger partial charge in [0.25, 0.3) is 0 Å². The summed E-state index contributed by atoms with van der Waals surface area (Å²) < 4.78 is 0. The maximum Gasteiger partial charge on any atom is 0.335 e. The normalized spacial score (nSPS) is 12.5. The smallest absolute Gasteiger partial charge is 0.335 e. The topological polar surface area (TPSA) is 37.3 Å². The van der Waals surface area contributed by atoms with Crippen molar-refractivity contribution >= 4 is 12.0 Å². The Kier molecular flexibility index (Phi) is 8.18. The number of benzene rings is 1. The van der Waals surface area contributed by atoms with E-state index in [1.54, 1.807) is 6.08 Å². The minimum Gasteiger partial charge on any atom is -0.478 e. The first-order valence-electron chi connectivity index (χ1n) is 7.87. The molecule has 0 bridgehead atoms. The molecule has 0 heterocycles. The van der Waals surface area contributed by atoms with Gasteiger partial charge >= 0.3 is 5.97 Å². The Balaban J connectivity index is 2.83. The average molecular weight is 286 g/mol. The number of hydrogen-bond acceptors (Lipinski definition) is 1. The van der Waals surface area contributed by atoms with Crippen LogP contribution in [0.1, 0.15) is 57.9 Å². The van der Waals surface area contributed by atoms with E-state index in [0.29, 0.717) is 5.57 Å². The number of carboxylic acids is 1. The van der Waals surface area contributed by atoms with Gasteiger partial charge in [0.15, 0.2) is 0 Å². The van der Waals surface area contributed by atoms with E-state index in [2.05, 4.69) is 6.92 Å². The quantitative estimate of drug-likeness (QED) is 0.372. The molecule has 2 heteroatoms. The van der Waals surface area contributed by atoms with E-state index in [4.69, 9.17) is 0 Å². The summed E-state index contributed by atoms with van der Waals surface area (Å²) in [5.74, 6) is -0.825. The summed E-state index contributed by atoms with van der Waals surface area (Å²) in [5, 5.41) is 9.45. The molecule has 0 unspecified atom stereocenters. The van der Waals surface area contributed by atoms with Crippen molar-refractivity contribution in [3.05, 3.63) is 53.1 Å². The second-order valence-corrected chi connectivity index (χ2v) is 5.23. The number of aliphatic carboxylic acids is 1. The van der Waals surface area contributed by atoms with Crippen LogP contribution in [0.3, 0.4) is 0 Å². The fourth-order valence-electron chi connectivity index (χ4n) is 2.35. The fourth-order valence-corrected chi connectivity index (χ4v) is 2.35. The van der Waals surface area contributed by atoms with Crippen LogP contribution in [0.5, 0.6) is 0 Å². The zero-order valence-corrected chi connectivity index (χ0v) is 13.1. The Morgan fingerprint density at radius 1 is 1.10 bits per heavy atom. The van der Waals surface area contributed by atoms with Crippen LogP contribution in [-0.2, 0) is 4.79 Å². The molecule has 1 aromatic carbocycles. The second kappa shape index (κ2) is 9.98. The number of carbonyl (C=O) groups is 1. The Hall–Kier alpha value is -1.83. The first kappa shape index (κ1) is 17.2. The molecule has 0 amide bonds. The zero-order valence-electron chi connectivity index (χ0n) is 13.1. The number of hydrogen-bond donors (Lipinski definition) is 1. The number of unbranched alkanes of at least 4 members (excludes halogenated alkanes) is 3. The van der Waals surface area contributed by atoms with E-state index in [0.717, 1.165) is 30.4 Å². The van der Waals surface area contributed by atoms with Crippen LogP contribution in [0.2, 0.25) is 0 Å². The second-order valence-electron chi connectivity index (χ2n) is 5.23. The molecule has 1 N–H and O–H groups in total. The van der Waals surface area contributed by atoms with E-state index in [-0.39, 0.29) is 0 Å². The highest BCUT2D eigenvalue weighted by Crippen LogP contribution is 2.19. The Bertz CT molecular complexity index is 484. The van der Waals surface area contributed by atoms with Gasteiger partial charge in [-0.15, -0.1) is 0 Å². The van der Waals surface area contributed by atoms with Crippen LogP contribution in [0.15, 0.2) is 47.6 Å². The van der Waals surface area contributed by atoms with Crippen molar-refractivity contribution in [2.45, 2.75) is 52.4 Å². The lowest BCUT2D eigenvalue weighted by Crippen LogP contribution is -2.02. The lowest BCUT2D eigenvalue weighted by atomic mass is 9.98. The molecule has 0 spiro atoms. The van der Waals surface area contributed by atoms with Crippen molar-refractivity contribution in [3.63, 3.8) is 0 Å². The lowest BCUT2D eigenvalue weighted by Gasteiger charge is -2.08. The van der Waals surface area contributed by atoms with Gasteiger partial charge < -0.3 is 5.11 Å². The summed E-state index contributed by atoms with van der Waals surface area (Å²) in [6, 6.07) is 9.81. The Morgan fingerprint density at radius 3 is 2.38 bits per heavy atom. The molecule has 114 valence electrons. The molecule has 0 atom stereocenters. The van der Waals surface area contributed by atoms with Gasteiger partial charge in [-0.05, 0) is 30.9 Å². The van der Waals surface area contributed by atoms with Gasteiger partial charge in [-0.25, -0.2) is 4.79 Å². The van der Waals surface area contributed by atoms with Crippen LogP contribution in [-0.4, -0.2) is 11.1 Å². The van der Waals surface area contributed by atoms with Crippen LogP contribution >= 0.6 is 0 Å². The Labute approximate surface area is 128 Å². The van der Waals surface area contributed by atoms with E-state index in [1.165, 1.54) is 19.3 Å². The van der Waals surface area contributed by atoms with E-state index in [9.17, 15) is 9.90 Å². The van der Waals surface area contributed by atoms with Gasteiger partial charge in [0.2, 0.25) is 0 Å². The molecular weight excluding hydrogens is 260 g/mol. The van der Waals surface area contributed by atoms with Crippen LogP contribution in [0.4, 0.5) is 0 Å². The molecule has 0 saturated heterocycles. The zero-order chi connectivity index (χ0) is 15.5. The molecule has 0 fully saturated rings. The van der Waals surface area contributed by atoms with Crippen molar-refractivity contribution in [1.29, 1.82) is 0 Å². The van der Waals surface area contributed by atoms with Crippen LogP contribution in [0.25, 0.3) is 6.08 Å². The largest absolute Gasteiger partial charge is 0.478 e. The molecule has 0 aliphatic heterocycles. The molecule has 0 aliphatic rings. The SMILES string of the molecule is CCCCCCC(CC)=C(C=Cc1ccccc1)C(=O)O. The van der Waals surface area contributed by atoms with Crippen molar-refractivity contribution < 1.29 is 9.90 Å². The molecule has 21 heavy (non-hydrogen) atoms. The maximum absolute atomic E-state index is 11.5. The monoisotopic (exact) mass is 286 g/mol. The van der Waals surface area contributed by atoms with Gasteiger partial charge in [0.05, 0.1) is 5.57 Å². The van der Waals surface area contributed by atoms with Crippen molar-refractivity contribution in [1.82, 2.24) is 0 Å². The number of carboxylic acid groups (broad SMARTS) is 1. The van der Waals surface area contributed by atoms with Gasteiger partial charge in [0.1, 0.15) is 0 Å². The van der Waals surface area contributed by atoms with Gasteiger partial charge in [0, 0.05) is 0 Å². The molecular formula is C19H26O2. The van der Waals surface area contributed by atoms with Crippen LogP contribution in [0, 0.1) is 0 Å². The summed E-state index contributed by atoms with van der Waals surface area (Å²) in [4.78, 5) is 11.5. The molecule has 2 nitrogen and oxygen atoms in total. The van der Waals surface area contributed by atoms with Crippen molar-refractivity contribution in [2.24, 2.45) is 0 Å². The molecule has 0 saturated carbocycles. The third kappa shape index (κ3) is 6.44. The standard InChI is InChI=1S/C19H26O2/c1-3-5-6-10-13-17(4-2)18(19(20)21)15-14-16-11-8-7-9-12-16/h7-9,11-12,14-15H,3-6,10,13H2,1-2H3,(H,20,21). The van der Waals surface area contributed by atoms with Gasteiger partial charge in [-0.1, -0.05) is 75.1 Å². The molecule has 0 aromatic heterocycles. The van der Waals surface area contributed by atoms with Gasteiger partial charge in [-0.2, -0.15) is 0 Å². The predicted octanol–water partition coefficient (Wildman–Crippen LogP) is 5.46. The lowest BCUT2D eigenvalue weighted by molar-refractivity contribution is -0.132. The fraction of sp³-hybridized carbons (Fsp3) is 0.421. The van der Waals surface area contributed by atoms with Crippen LogP contribution < -0.4 is 0 Å².